The molecule has 1 aliphatic rings. The van der Waals surface area contributed by atoms with Crippen molar-refractivity contribution in [1.29, 1.82) is 0 Å². The Kier molecular flexibility index (Phi) is 7.52. The Hall–Kier alpha value is -3.50. The number of terminal acetylenes is 1. The molecular weight excluding hydrogens is 412 g/mol. The van der Waals surface area contributed by atoms with Crippen molar-refractivity contribution in [3.05, 3.63) is 65.2 Å². The van der Waals surface area contributed by atoms with Crippen LogP contribution in [0.5, 0.6) is 11.5 Å². The molecule has 0 bridgehead atoms. The quantitative estimate of drug-likeness (QED) is 0.372. The summed E-state index contributed by atoms with van der Waals surface area (Å²) in [4.78, 5) is 13.0. The van der Waals surface area contributed by atoms with Crippen LogP contribution >= 0.6 is 12.2 Å². The summed E-state index contributed by atoms with van der Waals surface area (Å²) < 4.78 is 16.7. The molecule has 6 nitrogen and oxygen atoms in total. The number of rotatable bonds is 8. The molecule has 1 heterocycles. The van der Waals surface area contributed by atoms with Gasteiger partial charge in [-0.3, -0.25) is 0 Å². The van der Waals surface area contributed by atoms with Gasteiger partial charge in [-0.05, 0) is 49.3 Å². The molecule has 0 radical (unpaired) electrons. The molecule has 2 N–H and O–H groups in total. The van der Waals surface area contributed by atoms with Gasteiger partial charge in [0.15, 0.2) is 16.6 Å². The maximum absolute atomic E-state index is 13.0. The van der Waals surface area contributed by atoms with Crippen molar-refractivity contribution < 1.29 is 19.0 Å². The van der Waals surface area contributed by atoms with Crippen molar-refractivity contribution in [3.63, 3.8) is 0 Å². The first-order valence-electron chi connectivity index (χ1n) is 9.96. The molecule has 1 atom stereocenters. The van der Waals surface area contributed by atoms with Crippen LogP contribution in [-0.4, -0.2) is 30.9 Å². The number of esters is 1. The first-order chi connectivity index (χ1) is 15.1. The first-order valence-corrected chi connectivity index (χ1v) is 10.4. The highest BCUT2D eigenvalue weighted by molar-refractivity contribution is 7.80. The summed E-state index contributed by atoms with van der Waals surface area (Å²) in [6.45, 7) is 4.48. The molecule has 0 unspecified atom stereocenters. The Morgan fingerprint density at radius 1 is 1.10 bits per heavy atom. The van der Waals surface area contributed by atoms with Gasteiger partial charge in [-0.1, -0.05) is 42.3 Å². The van der Waals surface area contributed by atoms with Gasteiger partial charge in [-0.2, -0.15) is 0 Å². The Morgan fingerprint density at radius 3 is 2.55 bits per heavy atom. The largest absolute Gasteiger partial charge is 0.490 e. The predicted molar refractivity (Wildman–Crippen MR) is 124 cm³/mol. The molecule has 0 amide bonds. The van der Waals surface area contributed by atoms with Gasteiger partial charge < -0.3 is 24.8 Å². The third-order valence-corrected chi connectivity index (χ3v) is 4.76. The average Bonchev–Trinajstić information content (AvgIpc) is 2.78. The summed E-state index contributed by atoms with van der Waals surface area (Å²) in [5.74, 6) is 3.08. The lowest BCUT2D eigenvalue weighted by Crippen LogP contribution is -2.45. The first kappa shape index (κ1) is 22.2. The zero-order valence-corrected chi connectivity index (χ0v) is 18.3. The molecule has 0 aromatic heterocycles. The van der Waals surface area contributed by atoms with Crippen LogP contribution in [0.15, 0.2) is 54.1 Å². The smallest absolute Gasteiger partial charge is 0.338 e. The van der Waals surface area contributed by atoms with Crippen LogP contribution in [0.25, 0.3) is 5.70 Å². The van der Waals surface area contributed by atoms with E-state index in [4.69, 9.17) is 32.9 Å². The summed E-state index contributed by atoms with van der Waals surface area (Å²) >= 11 is 5.44. The van der Waals surface area contributed by atoms with E-state index in [1.54, 1.807) is 13.0 Å². The van der Waals surface area contributed by atoms with Crippen LogP contribution in [0.1, 0.15) is 31.0 Å². The lowest BCUT2D eigenvalue weighted by Gasteiger charge is -2.31. The Labute approximate surface area is 187 Å². The van der Waals surface area contributed by atoms with E-state index in [0.29, 0.717) is 34.5 Å². The summed E-state index contributed by atoms with van der Waals surface area (Å²) in [6.07, 6.45) is 5.31. The second kappa shape index (κ2) is 10.5. The van der Waals surface area contributed by atoms with Crippen LogP contribution in [0, 0.1) is 12.3 Å². The monoisotopic (exact) mass is 436 g/mol. The maximum atomic E-state index is 13.0. The van der Waals surface area contributed by atoms with Gasteiger partial charge in [-0.15, -0.1) is 6.42 Å². The lowest BCUT2D eigenvalue weighted by atomic mass is 9.92. The van der Waals surface area contributed by atoms with Gasteiger partial charge in [0.25, 0.3) is 0 Å². The highest BCUT2D eigenvalue weighted by Crippen LogP contribution is 2.36. The van der Waals surface area contributed by atoms with E-state index in [-0.39, 0.29) is 13.2 Å². The zero-order valence-electron chi connectivity index (χ0n) is 17.4. The van der Waals surface area contributed by atoms with Gasteiger partial charge in [0.2, 0.25) is 0 Å². The SMILES string of the molecule is C#CCOc1ccc([C@H]2NC(=S)NC(c3ccccc3)=C2C(=O)OCC)cc1OCC. The van der Waals surface area contributed by atoms with E-state index in [1.165, 1.54) is 0 Å². The topological polar surface area (TPSA) is 68.8 Å². The van der Waals surface area contributed by atoms with E-state index in [1.807, 2.05) is 49.4 Å². The highest BCUT2D eigenvalue weighted by Gasteiger charge is 2.33. The lowest BCUT2D eigenvalue weighted by molar-refractivity contribution is -0.138. The number of carbonyl (C=O) groups excluding carboxylic acids is 1. The number of hydrogen-bond donors (Lipinski definition) is 2. The standard InChI is InChI=1S/C24H24N2O4S/c1-4-14-30-18-13-12-17(15-19(18)28-5-2)22-20(23(27)29-6-3)21(25-24(31)26-22)16-10-8-7-9-11-16/h1,7-13,15,22H,5-6,14H2,2-3H3,(H2,25,26,31)/t22-/m1/s1. The third-order valence-electron chi connectivity index (χ3n) is 4.54. The molecule has 0 saturated carbocycles. The van der Waals surface area contributed by atoms with Crippen molar-refractivity contribution in [3.8, 4) is 23.8 Å². The summed E-state index contributed by atoms with van der Waals surface area (Å²) in [5.41, 5.74) is 2.65. The van der Waals surface area contributed by atoms with Crippen molar-refractivity contribution >= 4 is 29.0 Å². The molecule has 2 aromatic rings. The third kappa shape index (κ3) is 5.16. The molecular formula is C24H24N2O4S. The van der Waals surface area contributed by atoms with Crippen molar-refractivity contribution in [1.82, 2.24) is 10.6 Å². The van der Waals surface area contributed by atoms with E-state index >= 15 is 0 Å². The molecule has 3 rings (SSSR count). The minimum Gasteiger partial charge on any atom is -0.490 e. The molecule has 0 saturated heterocycles. The van der Waals surface area contributed by atoms with Crippen LogP contribution in [0.2, 0.25) is 0 Å². The van der Waals surface area contributed by atoms with Crippen LogP contribution in [0.4, 0.5) is 0 Å². The van der Waals surface area contributed by atoms with Crippen LogP contribution in [-0.2, 0) is 9.53 Å². The maximum Gasteiger partial charge on any atom is 0.338 e. The summed E-state index contributed by atoms with van der Waals surface area (Å²) in [6, 6.07) is 14.4. The fourth-order valence-corrected chi connectivity index (χ4v) is 3.51. The molecule has 0 aliphatic carbocycles. The highest BCUT2D eigenvalue weighted by atomic mass is 32.1. The number of benzene rings is 2. The van der Waals surface area contributed by atoms with Gasteiger partial charge in [0, 0.05) is 0 Å². The van der Waals surface area contributed by atoms with E-state index in [2.05, 4.69) is 16.6 Å². The fourth-order valence-electron chi connectivity index (χ4n) is 3.29. The van der Waals surface area contributed by atoms with E-state index < -0.39 is 12.0 Å². The van der Waals surface area contributed by atoms with E-state index in [0.717, 1.165) is 11.1 Å². The van der Waals surface area contributed by atoms with Gasteiger partial charge in [-0.25, -0.2) is 4.79 Å². The number of hydrogen-bond acceptors (Lipinski definition) is 5. The molecule has 7 heteroatoms. The zero-order chi connectivity index (χ0) is 22.2. The second-order valence-corrected chi connectivity index (χ2v) is 6.95. The second-order valence-electron chi connectivity index (χ2n) is 6.54. The van der Waals surface area contributed by atoms with Crippen molar-refractivity contribution in [2.75, 3.05) is 19.8 Å². The van der Waals surface area contributed by atoms with Gasteiger partial charge in [0.05, 0.1) is 30.5 Å². The predicted octanol–water partition coefficient (Wildman–Crippen LogP) is 3.59. The van der Waals surface area contributed by atoms with Crippen LogP contribution < -0.4 is 20.1 Å². The van der Waals surface area contributed by atoms with Gasteiger partial charge >= 0.3 is 5.97 Å². The Bertz CT molecular complexity index is 1030. The van der Waals surface area contributed by atoms with Crippen LogP contribution in [0.3, 0.4) is 0 Å². The average molecular weight is 437 g/mol. The molecule has 160 valence electrons. The minimum atomic E-state index is -0.538. The fraction of sp³-hybridized carbons (Fsp3) is 0.250. The Morgan fingerprint density at radius 2 is 1.87 bits per heavy atom. The Balaban J connectivity index is 2.13. The molecule has 2 aromatic carbocycles. The summed E-state index contributed by atoms with van der Waals surface area (Å²) in [7, 11) is 0. The number of carbonyl (C=O) groups is 1. The molecule has 0 fully saturated rings. The normalized spacial score (nSPS) is 15.4. The van der Waals surface area contributed by atoms with Crippen molar-refractivity contribution in [2.24, 2.45) is 0 Å². The van der Waals surface area contributed by atoms with Crippen molar-refractivity contribution in [2.45, 2.75) is 19.9 Å². The van der Waals surface area contributed by atoms with Gasteiger partial charge in [0.1, 0.15) is 6.61 Å². The van der Waals surface area contributed by atoms with E-state index in [9.17, 15) is 4.79 Å². The summed E-state index contributed by atoms with van der Waals surface area (Å²) in [5, 5.41) is 6.71. The molecule has 0 spiro atoms. The number of thiocarbonyl (C=S) groups is 1. The molecule has 31 heavy (non-hydrogen) atoms. The minimum absolute atomic E-state index is 0.126. The molecule has 1 aliphatic heterocycles. The number of ether oxygens (including phenoxy) is 3. The number of nitrogens with one attached hydrogen (secondary N) is 2.